The molecule has 2 aliphatic heterocycles. The van der Waals surface area contributed by atoms with Gasteiger partial charge in [-0.1, -0.05) is 0 Å². The molecule has 0 spiro atoms. The average Bonchev–Trinajstić information content (AvgIpc) is 2.92. The number of nitrogens with zero attached hydrogens (tertiary/aromatic N) is 1. The van der Waals surface area contributed by atoms with Crippen molar-refractivity contribution in [1.82, 2.24) is 4.98 Å². The first-order valence-electron chi connectivity index (χ1n) is 6.47. The number of fused-ring (bicyclic) bond motifs is 2. The molecule has 3 atom stereocenters. The minimum absolute atomic E-state index is 0.413. The fourth-order valence-electron chi connectivity index (χ4n) is 2.80. The van der Waals surface area contributed by atoms with Gasteiger partial charge in [0.2, 0.25) is 0 Å². The molecule has 2 bridgehead atoms. The van der Waals surface area contributed by atoms with Gasteiger partial charge < -0.3 is 15.4 Å². The summed E-state index contributed by atoms with van der Waals surface area (Å²) in [5, 5.41) is 6.79. The van der Waals surface area contributed by atoms with Gasteiger partial charge in [0.15, 0.2) is 0 Å². The maximum atomic E-state index is 5.84. The monoisotopic (exact) mass is 233 g/mol. The summed E-state index contributed by atoms with van der Waals surface area (Å²) in [6.45, 7) is 2.97. The fourth-order valence-corrected chi connectivity index (χ4v) is 2.80. The van der Waals surface area contributed by atoms with Gasteiger partial charge in [0.1, 0.15) is 5.82 Å². The molecule has 92 valence electrons. The molecule has 0 aromatic carbocycles. The molecular formula is C13H19N3O. The highest BCUT2D eigenvalue weighted by Gasteiger charge is 2.40. The molecule has 2 fully saturated rings. The number of hydrogen-bond acceptors (Lipinski definition) is 4. The van der Waals surface area contributed by atoms with Gasteiger partial charge in [0.05, 0.1) is 18.2 Å². The van der Waals surface area contributed by atoms with Gasteiger partial charge in [0.25, 0.3) is 0 Å². The minimum atomic E-state index is 0.413. The first-order chi connectivity index (χ1) is 8.35. The molecule has 0 radical (unpaired) electrons. The van der Waals surface area contributed by atoms with E-state index in [0.717, 1.165) is 24.5 Å². The Kier molecular flexibility index (Phi) is 2.89. The fraction of sp³-hybridized carbons (Fsp3) is 0.615. The van der Waals surface area contributed by atoms with Crippen LogP contribution in [0.1, 0.15) is 26.2 Å². The standard InChI is InChI=1S/C13H19N3O/c1-2-14-13-7-9(5-6-15-13)16-11-8-10-3-4-12(11)17-10/h5-7,10-12H,2-4,8H2,1H3,(H2,14,15,16). The predicted molar refractivity (Wildman–Crippen MR) is 68.3 cm³/mol. The van der Waals surface area contributed by atoms with Gasteiger partial charge >= 0.3 is 0 Å². The number of anilines is 2. The molecule has 2 N–H and O–H groups in total. The van der Waals surface area contributed by atoms with E-state index in [1.807, 2.05) is 12.3 Å². The van der Waals surface area contributed by atoms with Crippen molar-refractivity contribution in [3.05, 3.63) is 18.3 Å². The van der Waals surface area contributed by atoms with Crippen LogP contribution in [0.15, 0.2) is 18.3 Å². The Morgan fingerprint density at radius 1 is 1.47 bits per heavy atom. The van der Waals surface area contributed by atoms with E-state index in [1.165, 1.54) is 12.8 Å². The van der Waals surface area contributed by atoms with Crippen LogP contribution in [0.4, 0.5) is 11.5 Å². The maximum Gasteiger partial charge on any atom is 0.127 e. The smallest absolute Gasteiger partial charge is 0.127 e. The van der Waals surface area contributed by atoms with Crippen molar-refractivity contribution in [3.8, 4) is 0 Å². The van der Waals surface area contributed by atoms with Crippen LogP contribution in [-0.2, 0) is 4.74 Å². The SMILES string of the molecule is CCNc1cc(NC2CC3CCC2O3)ccn1. The van der Waals surface area contributed by atoms with Crippen molar-refractivity contribution in [2.75, 3.05) is 17.2 Å². The Bertz CT molecular complexity index is 396. The average molecular weight is 233 g/mol. The van der Waals surface area contributed by atoms with E-state index in [2.05, 4.69) is 28.6 Å². The first-order valence-corrected chi connectivity index (χ1v) is 6.47. The van der Waals surface area contributed by atoms with Crippen molar-refractivity contribution in [2.24, 2.45) is 0 Å². The Hall–Kier alpha value is -1.29. The minimum Gasteiger partial charge on any atom is -0.379 e. The highest BCUT2D eigenvalue weighted by Crippen LogP contribution is 2.36. The van der Waals surface area contributed by atoms with Crippen molar-refractivity contribution < 1.29 is 4.74 Å². The normalized spacial score (nSPS) is 30.5. The molecule has 3 unspecified atom stereocenters. The third kappa shape index (κ3) is 2.22. The number of hydrogen-bond donors (Lipinski definition) is 2. The summed E-state index contributed by atoms with van der Waals surface area (Å²) in [5.41, 5.74) is 1.14. The van der Waals surface area contributed by atoms with Gasteiger partial charge in [-0.3, -0.25) is 0 Å². The van der Waals surface area contributed by atoms with Gasteiger partial charge in [-0.15, -0.1) is 0 Å². The summed E-state index contributed by atoms with van der Waals surface area (Å²) in [4.78, 5) is 4.27. The van der Waals surface area contributed by atoms with Gasteiger partial charge in [-0.2, -0.15) is 0 Å². The maximum absolute atomic E-state index is 5.84. The van der Waals surface area contributed by atoms with Crippen molar-refractivity contribution >= 4 is 11.5 Å². The molecule has 2 aliphatic rings. The lowest BCUT2D eigenvalue weighted by molar-refractivity contribution is 0.102. The van der Waals surface area contributed by atoms with Gasteiger partial charge in [-0.25, -0.2) is 4.98 Å². The number of pyridine rings is 1. The lowest BCUT2D eigenvalue weighted by Crippen LogP contribution is -2.30. The van der Waals surface area contributed by atoms with E-state index in [1.54, 1.807) is 0 Å². The lowest BCUT2D eigenvalue weighted by atomic mass is 9.95. The van der Waals surface area contributed by atoms with E-state index in [0.29, 0.717) is 18.2 Å². The predicted octanol–water partition coefficient (Wildman–Crippen LogP) is 2.25. The molecule has 1 aromatic rings. The summed E-state index contributed by atoms with van der Waals surface area (Å²) in [6.07, 6.45) is 6.33. The van der Waals surface area contributed by atoms with Crippen LogP contribution in [-0.4, -0.2) is 29.8 Å². The van der Waals surface area contributed by atoms with Crippen LogP contribution in [0.3, 0.4) is 0 Å². The molecule has 0 amide bonds. The molecule has 2 saturated heterocycles. The number of ether oxygens (including phenoxy) is 1. The van der Waals surface area contributed by atoms with Crippen molar-refractivity contribution in [3.63, 3.8) is 0 Å². The molecule has 4 heteroatoms. The second kappa shape index (κ2) is 4.53. The number of nitrogens with one attached hydrogen (secondary N) is 2. The van der Waals surface area contributed by atoms with E-state index in [9.17, 15) is 0 Å². The summed E-state index contributed by atoms with van der Waals surface area (Å²) in [5.74, 6) is 0.932. The quantitative estimate of drug-likeness (QED) is 0.837. The highest BCUT2D eigenvalue weighted by molar-refractivity contribution is 5.52. The summed E-state index contributed by atoms with van der Waals surface area (Å²) < 4.78 is 5.84. The van der Waals surface area contributed by atoms with Gasteiger partial charge in [0, 0.05) is 24.5 Å². The Labute approximate surface area is 102 Å². The zero-order valence-corrected chi connectivity index (χ0v) is 10.1. The van der Waals surface area contributed by atoms with Crippen LogP contribution in [0.2, 0.25) is 0 Å². The summed E-state index contributed by atoms with van der Waals surface area (Å²) in [7, 11) is 0. The first kappa shape index (κ1) is 10.8. The van der Waals surface area contributed by atoms with Crippen LogP contribution < -0.4 is 10.6 Å². The molecule has 1 aromatic heterocycles. The second-order valence-electron chi connectivity index (χ2n) is 4.82. The zero-order chi connectivity index (χ0) is 11.7. The van der Waals surface area contributed by atoms with E-state index >= 15 is 0 Å². The Morgan fingerprint density at radius 2 is 2.41 bits per heavy atom. The number of aromatic nitrogens is 1. The molecule has 3 rings (SSSR count). The van der Waals surface area contributed by atoms with Crippen LogP contribution in [0, 0.1) is 0 Å². The van der Waals surface area contributed by atoms with Crippen molar-refractivity contribution in [2.45, 2.75) is 44.4 Å². The third-order valence-electron chi connectivity index (χ3n) is 3.58. The summed E-state index contributed by atoms with van der Waals surface area (Å²) in [6, 6.07) is 4.56. The number of rotatable bonds is 4. The topological polar surface area (TPSA) is 46.2 Å². The van der Waals surface area contributed by atoms with E-state index < -0.39 is 0 Å². The molecular weight excluding hydrogens is 214 g/mol. The van der Waals surface area contributed by atoms with E-state index in [-0.39, 0.29) is 0 Å². The molecule has 4 nitrogen and oxygen atoms in total. The summed E-state index contributed by atoms with van der Waals surface area (Å²) >= 11 is 0. The molecule has 0 aliphatic carbocycles. The Morgan fingerprint density at radius 3 is 3.12 bits per heavy atom. The lowest BCUT2D eigenvalue weighted by Gasteiger charge is -2.21. The van der Waals surface area contributed by atoms with E-state index in [4.69, 9.17) is 4.74 Å². The third-order valence-corrected chi connectivity index (χ3v) is 3.58. The Balaban J connectivity index is 1.66. The zero-order valence-electron chi connectivity index (χ0n) is 10.1. The van der Waals surface area contributed by atoms with Crippen LogP contribution >= 0.6 is 0 Å². The second-order valence-corrected chi connectivity index (χ2v) is 4.82. The molecule has 0 saturated carbocycles. The largest absolute Gasteiger partial charge is 0.379 e. The molecule has 3 heterocycles. The highest BCUT2D eigenvalue weighted by atomic mass is 16.5. The van der Waals surface area contributed by atoms with Crippen LogP contribution in [0.5, 0.6) is 0 Å². The van der Waals surface area contributed by atoms with Gasteiger partial charge in [-0.05, 0) is 32.3 Å². The molecule has 17 heavy (non-hydrogen) atoms. The van der Waals surface area contributed by atoms with Crippen LogP contribution in [0.25, 0.3) is 0 Å². The van der Waals surface area contributed by atoms with Crippen molar-refractivity contribution in [1.29, 1.82) is 0 Å².